The summed E-state index contributed by atoms with van der Waals surface area (Å²) in [5.41, 5.74) is 2.03. The van der Waals surface area contributed by atoms with Gasteiger partial charge in [-0.05, 0) is 13.0 Å². The standard InChI is InChI=1S/C11H15NO3S/c1-8-3-4-11-9(7-8)10(5-6-15-11)12-16(2,13)14/h3-4,7,10,12H,5-6H2,1-2H3. The highest BCUT2D eigenvalue weighted by atomic mass is 32.2. The highest BCUT2D eigenvalue weighted by Gasteiger charge is 2.23. The van der Waals surface area contributed by atoms with Gasteiger partial charge in [-0.1, -0.05) is 17.7 Å². The minimum absolute atomic E-state index is 0.168. The Balaban J connectivity index is 2.35. The van der Waals surface area contributed by atoms with Gasteiger partial charge in [-0.25, -0.2) is 13.1 Å². The van der Waals surface area contributed by atoms with Crippen LogP contribution >= 0.6 is 0 Å². The number of aryl methyl sites for hydroxylation is 1. The predicted octanol–water partition coefficient (Wildman–Crippen LogP) is 1.37. The van der Waals surface area contributed by atoms with Gasteiger partial charge in [0.2, 0.25) is 10.0 Å². The van der Waals surface area contributed by atoms with Crippen molar-refractivity contribution in [2.45, 2.75) is 19.4 Å². The van der Waals surface area contributed by atoms with Crippen LogP contribution < -0.4 is 9.46 Å². The zero-order valence-corrected chi connectivity index (χ0v) is 10.2. The fraction of sp³-hybridized carbons (Fsp3) is 0.455. The maximum Gasteiger partial charge on any atom is 0.209 e. The number of hydrogen-bond acceptors (Lipinski definition) is 3. The zero-order chi connectivity index (χ0) is 11.8. The van der Waals surface area contributed by atoms with Gasteiger partial charge >= 0.3 is 0 Å². The molecule has 1 aliphatic rings. The van der Waals surface area contributed by atoms with Crippen molar-refractivity contribution in [1.82, 2.24) is 4.72 Å². The number of ether oxygens (including phenoxy) is 1. The summed E-state index contributed by atoms with van der Waals surface area (Å²) in [5.74, 6) is 0.776. The highest BCUT2D eigenvalue weighted by Crippen LogP contribution is 2.32. The van der Waals surface area contributed by atoms with E-state index in [0.29, 0.717) is 13.0 Å². The highest BCUT2D eigenvalue weighted by molar-refractivity contribution is 7.88. The van der Waals surface area contributed by atoms with E-state index in [1.54, 1.807) is 0 Å². The maximum atomic E-state index is 11.2. The zero-order valence-electron chi connectivity index (χ0n) is 9.36. The molecular weight excluding hydrogens is 226 g/mol. The van der Waals surface area contributed by atoms with Crippen molar-refractivity contribution < 1.29 is 13.2 Å². The second-order valence-electron chi connectivity index (χ2n) is 4.12. The van der Waals surface area contributed by atoms with Gasteiger partial charge in [0.15, 0.2) is 0 Å². The van der Waals surface area contributed by atoms with E-state index in [2.05, 4.69) is 4.72 Å². The van der Waals surface area contributed by atoms with Crippen LogP contribution in [0.5, 0.6) is 5.75 Å². The Hall–Kier alpha value is -1.07. The third kappa shape index (κ3) is 2.54. The van der Waals surface area contributed by atoms with Gasteiger partial charge in [0.05, 0.1) is 18.9 Å². The SMILES string of the molecule is Cc1ccc2c(c1)C(NS(C)(=O)=O)CCO2. The lowest BCUT2D eigenvalue weighted by molar-refractivity contribution is 0.263. The van der Waals surface area contributed by atoms with E-state index in [1.165, 1.54) is 6.26 Å². The van der Waals surface area contributed by atoms with E-state index in [9.17, 15) is 8.42 Å². The summed E-state index contributed by atoms with van der Waals surface area (Å²) in [6, 6.07) is 5.65. The van der Waals surface area contributed by atoms with Crippen molar-refractivity contribution in [3.05, 3.63) is 29.3 Å². The summed E-state index contributed by atoms with van der Waals surface area (Å²) >= 11 is 0. The molecule has 1 atom stereocenters. The number of hydrogen-bond donors (Lipinski definition) is 1. The van der Waals surface area contributed by atoms with Crippen LogP contribution in [-0.4, -0.2) is 21.3 Å². The maximum absolute atomic E-state index is 11.2. The van der Waals surface area contributed by atoms with Gasteiger partial charge in [-0.3, -0.25) is 0 Å². The second-order valence-corrected chi connectivity index (χ2v) is 5.90. The number of rotatable bonds is 2. The molecule has 0 spiro atoms. The van der Waals surface area contributed by atoms with E-state index in [4.69, 9.17) is 4.74 Å². The van der Waals surface area contributed by atoms with E-state index >= 15 is 0 Å². The topological polar surface area (TPSA) is 55.4 Å². The Kier molecular flexibility index (Phi) is 2.90. The molecule has 1 N–H and O–H groups in total. The predicted molar refractivity (Wildman–Crippen MR) is 62.0 cm³/mol. The Morgan fingerprint density at radius 1 is 1.44 bits per heavy atom. The summed E-state index contributed by atoms with van der Waals surface area (Å²) < 4.78 is 30.6. The molecule has 0 aromatic heterocycles. The van der Waals surface area contributed by atoms with Gasteiger partial charge in [0.1, 0.15) is 5.75 Å². The molecule has 4 nitrogen and oxygen atoms in total. The number of sulfonamides is 1. The van der Waals surface area contributed by atoms with Crippen molar-refractivity contribution >= 4 is 10.0 Å². The molecule has 16 heavy (non-hydrogen) atoms. The van der Waals surface area contributed by atoms with Gasteiger partial charge < -0.3 is 4.74 Å². The van der Waals surface area contributed by atoms with E-state index in [1.807, 2.05) is 25.1 Å². The second kappa shape index (κ2) is 4.07. The Bertz CT molecular complexity index is 496. The molecule has 0 amide bonds. The van der Waals surface area contributed by atoms with Crippen LogP contribution in [-0.2, 0) is 10.0 Å². The normalized spacial score (nSPS) is 20.0. The molecule has 1 aliphatic heterocycles. The molecule has 0 fully saturated rings. The first-order chi connectivity index (χ1) is 7.46. The molecule has 0 aliphatic carbocycles. The lowest BCUT2D eigenvalue weighted by Crippen LogP contribution is -2.31. The van der Waals surface area contributed by atoms with Crippen molar-refractivity contribution in [1.29, 1.82) is 0 Å². The van der Waals surface area contributed by atoms with E-state index in [0.717, 1.165) is 16.9 Å². The quantitative estimate of drug-likeness (QED) is 0.850. The van der Waals surface area contributed by atoms with Crippen molar-refractivity contribution in [3.8, 4) is 5.75 Å². The van der Waals surface area contributed by atoms with Crippen molar-refractivity contribution in [2.24, 2.45) is 0 Å². The van der Waals surface area contributed by atoms with E-state index < -0.39 is 10.0 Å². The molecule has 5 heteroatoms. The molecule has 1 aromatic carbocycles. The summed E-state index contributed by atoms with van der Waals surface area (Å²) in [6.07, 6.45) is 1.85. The fourth-order valence-electron chi connectivity index (χ4n) is 1.89. The minimum Gasteiger partial charge on any atom is -0.493 e. The van der Waals surface area contributed by atoms with Crippen LogP contribution in [0.25, 0.3) is 0 Å². The number of fused-ring (bicyclic) bond motifs is 1. The average molecular weight is 241 g/mol. The van der Waals surface area contributed by atoms with Gasteiger partial charge in [-0.15, -0.1) is 0 Å². The largest absolute Gasteiger partial charge is 0.493 e. The first-order valence-corrected chi connectivity index (χ1v) is 7.05. The van der Waals surface area contributed by atoms with Crippen LogP contribution in [0.4, 0.5) is 0 Å². The van der Waals surface area contributed by atoms with Gasteiger partial charge in [0.25, 0.3) is 0 Å². The minimum atomic E-state index is -3.18. The summed E-state index contributed by atoms with van der Waals surface area (Å²) in [7, 11) is -3.18. The molecule has 0 bridgehead atoms. The molecule has 1 unspecified atom stereocenters. The molecule has 1 heterocycles. The molecule has 1 aromatic rings. The van der Waals surface area contributed by atoms with Crippen LogP contribution in [0.15, 0.2) is 18.2 Å². The fourth-order valence-corrected chi connectivity index (χ4v) is 2.66. The Morgan fingerprint density at radius 3 is 2.88 bits per heavy atom. The van der Waals surface area contributed by atoms with Crippen LogP contribution in [0.1, 0.15) is 23.6 Å². The molecule has 88 valence electrons. The van der Waals surface area contributed by atoms with Crippen LogP contribution in [0, 0.1) is 6.92 Å². The summed E-state index contributed by atoms with van der Waals surface area (Å²) in [4.78, 5) is 0. The van der Waals surface area contributed by atoms with Gasteiger partial charge in [0, 0.05) is 12.0 Å². The van der Waals surface area contributed by atoms with E-state index in [-0.39, 0.29) is 6.04 Å². The Labute approximate surface area is 95.7 Å². The molecule has 0 radical (unpaired) electrons. The van der Waals surface area contributed by atoms with Crippen LogP contribution in [0.3, 0.4) is 0 Å². The smallest absolute Gasteiger partial charge is 0.209 e. The lowest BCUT2D eigenvalue weighted by Gasteiger charge is -2.26. The summed E-state index contributed by atoms with van der Waals surface area (Å²) in [5, 5.41) is 0. The molecule has 0 saturated carbocycles. The average Bonchev–Trinajstić information content (AvgIpc) is 2.17. The monoisotopic (exact) mass is 241 g/mol. The van der Waals surface area contributed by atoms with Gasteiger partial charge in [-0.2, -0.15) is 0 Å². The lowest BCUT2D eigenvalue weighted by atomic mass is 10.00. The van der Waals surface area contributed by atoms with Crippen molar-refractivity contribution in [2.75, 3.05) is 12.9 Å². The summed E-state index contributed by atoms with van der Waals surface area (Å²) in [6.45, 7) is 2.52. The first-order valence-electron chi connectivity index (χ1n) is 5.16. The third-order valence-corrected chi connectivity index (χ3v) is 3.27. The molecular formula is C11H15NO3S. The third-order valence-electron chi connectivity index (χ3n) is 2.56. The number of nitrogens with one attached hydrogen (secondary N) is 1. The molecule has 0 saturated heterocycles. The first kappa shape index (κ1) is 11.4. The Morgan fingerprint density at radius 2 is 2.19 bits per heavy atom. The van der Waals surface area contributed by atoms with Crippen molar-refractivity contribution in [3.63, 3.8) is 0 Å². The number of benzene rings is 1. The van der Waals surface area contributed by atoms with Crippen LogP contribution in [0.2, 0.25) is 0 Å². The molecule has 2 rings (SSSR count).